The highest BCUT2D eigenvalue weighted by atomic mass is 16.3. The van der Waals surface area contributed by atoms with Crippen molar-refractivity contribution in [3.8, 4) is 0 Å². The van der Waals surface area contributed by atoms with Crippen molar-refractivity contribution in [2.45, 2.75) is 25.3 Å². The molecule has 0 bridgehead atoms. The fraction of sp³-hybridized carbons (Fsp3) is 0.261. The quantitative estimate of drug-likeness (QED) is 0.681. The first kappa shape index (κ1) is 18.4. The van der Waals surface area contributed by atoms with E-state index in [2.05, 4.69) is 5.32 Å². The molecule has 5 rings (SSSR count). The molecule has 2 aromatic carbocycles. The predicted molar refractivity (Wildman–Crippen MR) is 111 cm³/mol. The van der Waals surface area contributed by atoms with Crippen LogP contribution in [0.1, 0.15) is 24.7 Å². The Morgan fingerprint density at radius 1 is 1.13 bits per heavy atom. The summed E-state index contributed by atoms with van der Waals surface area (Å²) in [5.74, 6) is -0.426. The van der Waals surface area contributed by atoms with Crippen molar-refractivity contribution in [2.75, 3.05) is 18.0 Å². The maximum atomic E-state index is 13.2. The maximum Gasteiger partial charge on any atom is 0.325 e. The standard InChI is InChI=1S/C23H21N3O4/c1-23(19-13-16-8-3-5-11-18(16)30-19)21(28)26(22(29)24-23)14-20(27)25-12-6-9-15-7-2-4-10-17(15)25/h2-5,7-8,10-11,13H,6,9,12,14H2,1H3,(H,24,29)/t23-/m1/s1. The van der Waals surface area contributed by atoms with Crippen molar-refractivity contribution in [2.24, 2.45) is 0 Å². The summed E-state index contributed by atoms with van der Waals surface area (Å²) in [5, 5.41) is 3.55. The van der Waals surface area contributed by atoms with Gasteiger partial charge in [0, 0.05) is 17.6 Å². The minimum absolute atomic E-state index is 0.278. The van der Waals surface area contributed by atoms with Crippen molar-refractivity contribution < 1.29 is 18.8 Å². The summed E-state index contributed by atoms with van der Waals surface area (Å²) in [4.78, 5) is 41.5. The van der Waals surface area contributed by atoms with Gasteiger partial charge in [-0.3, -0.25) is 14.5 Å². The van der Waals surface area contributed by atoms with Crippen LogP contribution in [0.4, 0.5) is 10.5 Å². The number of nitrogens with one attached hydrogen (secondary N) is 1. The molecule has 1 saturated heterocycles. The van der Waals surface area contributed by atoms with Gasteiger partial charge >= 0.3 is 6.03 Å². The number of rotatable bonds is 3. The molecule has 1 N–H and O–H groups in total. The van der Waals surface area contributed by atoms with Gasteiger partial charge in [0.25, 0.3) is 5.91 Å². The van der Waals surface area contributed by atoms with Crippen LogP contribution in [0.25, 0.3) is 11.0 Å². The molecule has 152 valence electrons. The Labute approximate surface area is 173 Å². The normalized spacial score (nSPS) is 21.1. The molecule has 7 heteroatoms. The summed E-state index contributed by atoms with van der Waals surface area (Å²) in [6.45, 7) is 1.86. The Morgan fingerprint density at radius 2 is 1.90 bits per heavy atom. The number of fused-ring (bicyclic) bond motifs is 2. The number of aryl methyl sites for hydroxylation is 1. The van der Waals surface area contributed by atoms with Crippen molar-refractivity contribution in [3.05, 3.63) is 65.9 Å². The lowest BCUT2D eigenvalue weighted by Gasteiger charge is -2.30. The largest absolute Gasteiger partial charge is 0.458 e. The van der Waals surface area contributed by atoms with Gasteiger partial charge in [-0.05, 0) is 43.5 Å². The number of amides is 4. The van der Waals surface area contributed by atoms with E-state index in [1.165, 1.54) is 0 Å². The molecule has 2 aliphatic heterocycles. The monoisotopic (exact) mass is 403 g/mol. The van der Waals surface area contributed by atoms with Crippen LogP contribution in [0, 0.1) is 0 Å². The van der Waals surface area contributed by atoms with Gasteiger partial charge in [0.15, 0.2) is 5.54 Å². The lowest BCUT2D eigenvalue weighted by Crippen LogP contribution is -2.46. The van der Waals surface area contributed by atoms with Crippen LogP contribution >= 0.6 is 0 Å². The zero-order valence-corrected chi connectivity index (χ0v) is 16.6. The van der Waals surface area contributed by atoms with Crippen LogP contribution in [0.2, 0.25) is 0 Å². The molecule has 0 aliphatic carbocycles. The van der Waals surface area contributed by atoms with Gasteiger partial charge in [0.05, 0.1) is 0 Å². The molecule has 4 amide bonds. The number of carbonyl (C=O) groups excluding carboxylic acids is 3. The van der Waals surface area contributed by atoms with E-state index in [0.717, 1.165) is 34.4 Å². The van der Waals surface area contributed by atoms with Gasteiger partial charge in [-0.2, -0.15) is 0 Å². The Hall–Kier alpha value is -3.61. The third kappa shape index (κ3) is 2.77. The highest BCUT2D eigenvalue weighted by Gasteiger charge is 2.52. The number of imide groups is 1. The molecule has 1 aromatic heterocycles. The second kappa shape index (κ2) is 6.73. The van der Waals surface area contributed by atoms with E-state index in [-0.39, 0.29) is 12.5 Å². The Morgan fingerprint density at radius 3 is 2.73 bits per heavy atom. The van der Waals surface area contributed by atoms with Gasteiger partial charge in [-0.15, -0.1) is 0 Å². The summed E-state index contributed by atoms with van der Waals surface area (Å²) in [5.41, 5.74) is 1.23. The zero-order chi connectivity index (χ0) is 20.9. The Balaban J connectivity index is 1.40. The molecule has 0 saturated carbocycles. The first-order chi connectivity index (χ1) is 14.5. The van der Waals surface area contributed by atoms with Crippen LogP contribution in [0.15, 0.2) is 59.0 Å². The summed E-state index contributed by atoms with van der Waals surface area (Å²) in [7, 11) is 0. The molecule has 2 aliphatic rings. The van der Waals surface area contributed by atoms with Crippen LogP contribution in [0.3, 0.4) is 0 Å². The molecule has 0 spiro atoms. The van der Waals surface area contributed by atoms with Crippen LogP contribution in [-0.4, -0.2) is 35.8 Å². The summed E-state index contributed by atoms with van der Waals surface area (Å²) < 4.78 is 5.83. The van der Waals surface area contributed by atoms with E-state index in [4.69, 9.17) is 4.42 Å². The molecule has 3 heterocycles. The van der Waals surface area contributed by atoms with Gasteiger partial charge in [0.2, 0.25) is 5.91 Å². The van der Waals surface area contributed by atoms with Crippen LogP contribution in [-0.2, 0) is 21.5 Å². The second-order valence-electron chi connectivity index (χ2n) is 7.87. The van der Waals surface area contributed by atoms with Crippen LogP contribution < -0.4 is 10.2 Å². The van der Waals surface area contributed by atoms with E-state index < -0.39 is 17.5 Å². The fourth-order valence-corrected chi connectivity index (χ4v) is 4.25. The summed E-state index contributed by atoms with van der Waals surface area (Å²) in [6, 6.07) is 16.3. The number of hydrogen-bond donors (Lipinski definition) is 1. The lowest BCUT2D eigenvalue weighted by atomic mass is 9.98. The SMILES string of the molecule is C[C@]1(c2cc3ccccc3o2)NC(=O)N(CC(=O)N2CCCc3ccccc32)C1=O. The number of para-hydroxylation sites is 2. The molecular formula is C23H21N3O4. The Bertz CT molecular complexity index is 1150. The third-order valence-corrected chi connectivity index (χ3v) is 5.90. The summed E-state index contributed by atoms with van der Waals surface area (Å²) >= 11 is 0. The van der Waals surface area contributed by atoms with Crippen LogP contribution in [0.5, 0.6) is 0 Å². The van der Waals surface area contributed by atoms with Crippen molar-refractivity contribution >= 4 is 34.5 Å². The fourth-order valence-electron chi connectivity index (χ4n) is 4.25. The number of furan rings is 1. The highest BCUT2D eigenvalue weighted by molar-refractivity contribution is 6.10. The number of benzene rings is 2. The average Bonchev–Trinajstić information content (AvgIpc) is 3.29. The molecule has 0 radical (unpaired) electrons. The number of hydrogen-bond acceptors (Lipinski definition) is 4. The molecular weight excluding hydrogens is 382 g/mol. The van der Waals surface area contributed by atoms with Crippen molar-refractivity contribution in [3.63, 3.8) is 0 Å². The first-order valence-electron chi connectivity index (χ1n) is 9.99. The number of urea groups is 1. The lowest BCUT2D eigenvalue weighted by molar-refractivity contribution is -0.134. The molecule has 7 nitrogen and oxygen atoms in total. The second-order valence-corrected chi connectivity index (χ2v) is 7.87. The zero-order valence-electron chi connectivity index (χ0n) is 16.6. The van der Waals surface area contributed by atoms with E-state index in [0.29, 0.717) is 17.9 Å². The number of anilines is 1. The minimum Gasteiger partial charge on any atom is -0.458 e. The van der Waals surface area contributed by atoms with Crippen molar-refractivity contribution in [1.29, 1.82) is 0 Å². The van der Waals surface area contributed by atoms with E-state index in [1.807, 2.05) is 42.5 Å². The third-order valence-electron chi connectivity index (χ3n) is 5.90. The predicted octanol–water partition coefficient (Wildman–Crippen LogP) is 3.18. The first-order valence-corrected chi connectivity index (χ1v) is 9.99. The minimum atomic E-state index is -1.35. The molecule has 1 fully saturated rings. The van der Waals surface area contributed by atoms with Crippen molar-refractivity contribution in [1.82, 2.24) is 10.2 Å². The van der Waals surface area contributed by atoms with Gasteiger partial charge < -0.3 is 14.6 Å². The van der Waals surface area contributed by atoms with Gasteiger partial charge in [0.1, 0.15) is 17.9 Å². The number of nitrogens with zero attached hydrogens (tertiary/aromatic N) is 2. The maximum absolute atomic E-state index is 13.2. The average molecular weight is 403 g/mol. The highest BCUT2D eigenvalue weighted by Crippen LogP contribution is 2.33. The summed E-state index contributed by atoms with van der Waals surface area (Å²) in [6.07, 6.45) is 1.76. The van der Waals surface area contributed by atoms with E-state index >= 15 is 0 Å². The Kier molecular flexibility index (Phi) is 4.13. The molecule has 1 atom stereocenters. The molecule has 0 unspecified atom stereocenters. The smallest absolute Gasteiger partial charge is 0.325 e. The molecule has 3 aromatic rings. The van der Waals surface area contributed by atoms with Gasteiger partial charge in [-0.1, -0.05) is 36.4 Å². The topological polar surface area (TPSA) is 82.9 Å². The molecule has 30 heavy (non-hydrogen) atoms. The van der Waals surface area contributed by atoms with Gasteiger partial charge in [-0.25, -0.2) is 4.79 Å². The van der Waals surface area contributed by atoms with E-state index in [9.17, 15) is 14.4 Å². The van der Waals surface area contributed by atoms with E-state index in [1.54, 1.807) is 24.0 Å². The number of carbonyl (C=O) groups is 3.